The lowest BCUT2D eigenvalue weighted by molar-refractivity contribution is 0.239. The van der Waals surface area contributed by atoms with Crippen LogP contribution in [-0.4, -0.2) is 27.5 Å². The summed E-state index contributed by atoms with van der Waals surface area (Å²) in [6.07, 6.45) is 2.95. The van der Waals surface area contributed by atoms with Crippen molar-refractivity contribution in [2.75, 3.05) is 11.9 Å². The molecule has 6 nitrogen and oxygen atoms in total. The third-order valence-electron chi connectivity index (χ3n) is 3.99. The van der Waals surface area contributed by atoms with Crippen molar-refractivity contribution in [3.63, 3.8) is 0 Å². The molecule has 0 aliphatic rings. The Morgan fingerprint density at radius 3 is 2.60 bits per heavy atom. The molecule has 2 rings (SSSR count). The maximum absolute atomic E-state index is 12.4. The summed E-state index contributed by atoms with van der Waals surface area (Å²) in [5, 5.41) is 19.5. The second kappa shape index (κ2) is 9.22. The number of benzene rings is 1. The predicted molar refractivity (Wildman–Crippen MR) is 99.5 cm³/mol. The fraction of sp³-hybridized carbons (Fsp3) is 0.474. The van der Waals surface area contributed by atoms with Crippen LogP contribution < -0.4 is 10.6 Å². The minimum Gasteiger partial charge on any atom is -0.396 e. The van der Waals surface area contributed by atoms with Crippen LogP contribution in [0.15, 0.2) is 36.5 Å². The molecule has 2 aromatic rings. The number of anilines is 1. The van der Waals surface area contributed by atoms with E-state index in [9.17, 15) is 9.90 Å². The van der Waals surface area contributed by atoms with Crippen LogP contribution >= 0.6 is 0 Å². The number of amides is 2. The van der Waals surface area contributed by atoms with E-state index in [2.05, 4.69) is 36.5 Å². The van der Waals surface area contributed by atoms with Crippen molar-refractivity contribution >= 4 is 11.7 Å². The average Bonchev–Trinajstić information content (AvgIpc) is 2.95. The van der Waals surface area contributed by atoms with Crippen molar-refractivity contribution in [3.05, 3.63) is 47.8 Å². The highest BCUT2D eigenvalue weighted by atomic mass is 16.3. The van der Waals surface area contributed by atoms with Crippen molar-refractivity contribution in [1.82, 2.24) is 15.1 Å². The molecule has 6 heteroatoms. The van der Waals surface area contributed by atoms with E-state index in [4.69, 9.17) is 0 Å². The molecule has 0 radical (unpaired) electrons. The van der Waals surface area contributed by atoms with E-state index in [-0.39, 0.29) is 18.7 Å². The predicted octanol–water partition coefficient (Wildman–Crippen LogP) is 3.35. The van der Waals surface area contributed by atoms with Crippen molar-refractivity contribution in [1.29, 1.82) is 0 Å². The smallest absolute Gasteiger partial charge is 0.319 e. The Morgan fingerprint density at radius 2 is 2.00 bits per heavy atom. The van der Waals surface area contributed by atoms with E-state index in [0.29, 0.717) is 12.3 Å². The second-order valence-electron chi connectivity index (χ2n) is 6.51. The van der Waals surface area contributed by atoms with Crippen LogP contribution in [0.5, 0.6) is 0 Å². The van der Waals surface area contributed by atoms with E-state index in [0.717, 1.165) is 29.9 Å². The molecule has 1 aromatic heterocycles. The van der Waals surface area contributed by atoms with Gasteiger partial charge < -0.3 is 15.7 Å². The highest BCUT2D eigenvalue weighted by Crippen LogP contribution is 2.19. The van der Waals surface area contributed by atoms with Crippen molar-refractivity contribution in [3.8, 4) is 0 Å². The fourth-order valence-electron chi connectivity index (χ4n) is 2.84. The summed E-state index contributed by atoms with van der Waals surface area (Å²) in [6, 6.07) is 9.13. The lowest BCUT2D eigenvalue weighted by Crippen LogP contribution is -2.33. The van der Waals surface area contributed by atoms with Crippen LogP contribution in [0.3, 0.4) is 0 Å². The highest BCUT2D eigenvalue weighted by Gasteiger charge is 2.17. The Labute approximate surface area is 149 Å². The van der Waals surface area contributed by atoms with Crippen LogP contribution in [0.1, 0.15) is 44.5 Å². The Morgan fingerprint density at radius 1 is 1.28 bits per heavy atom. The minimum atomic E-state index is -0.291. The lowest BCUT2D eigenvalue weighted by Gasteiger charge is -2.19. The van der Waals surface area contributed by atoms with E-state index in [1.54, 1.807) is 6.20 Å². The Bertz CT molecular complexity index is 667. The molecule has 0 saturated carbocycles. The van der Waals surface area contributed by atoms with Crippen LogP contribution in [0, 0.1) is 5.92 Å². The fourth-order valence-corrected chi connectivity index (χ4v) is 2.84. The number of carbonyl (C=O) groups is 1. The molecule has 0 aliphatic carbocycles. The largest absolute Gasteiger partial charge is 0.396 e. The maximum atomic E-state index is 12.4. The van der Waals surface area contributed by atoms with E-state index < -0.39 is 0 Å². The first-order valence-electron chi connectivity index (χ1n) is 8.83. The van der Waals surface area contributed by atoms with Gasteiger partial charge in [-0.1, -0.05) is 51.1 Å². The van der Waals surface area contributed by atoms with Gasteiger partial charge in [0.25, 0.3) is 0 Å². The molecule has 0 aliphatic heterocycles. The zero-order chi connectivity index (χ0) is 18.2. The lowest BCUT2D eigenvalue weighted by atomic mass is 10.0. The highest BCUT2D eigenvalue weighted by molar-refractivity contribution is 5.90. The number of aromatic nitrogens is 2. The average molecular weight is 344 g/mol. The number of urea groups is 1. The summed E-state index contributed by atoms with van der Waals surface area (Å²) in [7, 11) is 0. The van der Waals surface area contributed by atoms with Gasteiger partial charge in [0.05, 0.1) is 23.6 Å². The number of nitrogens with one attached hydrogen (secondary N) is 2. The van der Waals surface area contributed by atoms with Crippen LogP contribution in [0.4, 0.5) is 10.5 Å². The maximum Gasteiger partial charge on any atom is 0.319 e. The Balaban J connectivity index is 2.07. The minimum absolute atomic E-state index is 0.00632. The number of aliphatic hydroxyl groups is 1. The van der Waals surface area contributed by atoms with E-state index >= 15 is 0 Å². The van der Waals surface area contributed by atoms with Crippen LogP contribution in [0.25, 0.3) is 0 Å². The van der Waals surface area contributed by atoms with Gasteiger partial charge in [0.15, 0.2) is 0 Å². The Kier molecular flexibility index (Phi) is 7.01. The number of nitrogens with zero attached hydrogens (tertiary/aromatic N) is 2. The Hall–Kier alpha value is -2.34. The van der Waals surface area contributed by atoms with Crippen molar-refractivity contribution in [2.45, 2.75) is 46.2 Å². The quantitative estimate of drug-likeness (QED) is 0.687. The van der Waals surface area contributed by atoms with Gasteiger partial charge in [0.2, 0.25) is 0 Å². The van der Waals surface area contributed by atoms with Crippen molar-refractivity contribution < 1.29 is 9.90 Å². The van der Waals surface area contributed by atoms with Gasteiger partial charge in [0.1, 0.15) is 0 Å². The van der Waals surface area contributed by atoms with Gasteiger partial charge in [-0.2, -0.15) is 5.10 Å². The van der Waals surface area contributed by atoms with Gasteiger partial charge in [-0.15, -0.1) is 0 Å². The summed E-state index contributed by atoms with van der Waals surface area (Å²) in [4.78, 5) is 12.4. The molecule has 25 heavy (non-hydrogen) atoms. The standard InChI is InChI=1S/C19H28N4O2/c1-4-18-17(12-20-23(18)13-14(2)3)22-19(25)21-16(10-11-24)15-8-6-5-7-9-15/h5-9,12,14,16,24H,4,10-11,13H2,1-3H3,(H2,21,22,25)/t16-/m1/s1. The number of aliphatic hydroxyl groups excluding tert-OH is 1. The number of carbonyl (C=O) groups excluding carboxylic acids is 1. The molecule has 1 aromatic carbocycles. The molecule has 2 amide bonds. The summed E-state index contributed by atoms with van der Waals surface area (Å²) in [5.41, 5.74) is 2.72. The molecule has 136 valence electrons. The van der Waals surface area contributed by atoms with Crippen molar-refractivity contribution in [2.24, 2.45) is 5.92 Å². The monoisotopic (exact) mass is 344 g/mol. The molecule has 0 bridgehead atoms. The van der Waals surface area contributed by atoms with Gasteiger partial charge >= 0.3 is 6.03 Å². The van der Waals surface area contributed by atoms with Crippen LogP contribution in [0.2, 0.25) is 0 Å². The van der Waals surface area contributed by atoms with Gasteiger partial charge in [-0.25, -0.2) is 4.79 Å². The summed E-state index contributed by atoms with van der Waals surface area (Å²) >= 11 is 0. The third-order valence-corrected chi connectivity index (χ3v) is 3.99. The topological polar surface area (TPSA) is 79.2 Å². The van der Waals surface area contributed by atoms with Crippen LogP contribution in [-0.2, 0) is 13.0 Å². The molecule has 1 heterocycles. The molecule has 3 N–H and O–H groups in total. The number of rotatable bonds is 8. The van der Waals surface area contributed by atoms with E-state index in [1.165, 1.54) is 0 Å². The molecule has 1 atom stereocenters. The number of hydrogen-bond donors (Lipinski definition) is 3. The zero-order valence-electron chi connectivity index (χ0n) is 15.2. The molecule has 0 saturated heterocycles. The molecular weight excluding hydrogens is 316 g/mol. The summed E-state index contributed by atoms with van der Waals surface area (Å²) < 4.78 is 1.95. The third kappa shape index (κ3) is 5.32. The van der Waals surface area contributed by atoms with Gasteiger partial charge in [-0.3, -0.25) is 4.68 Å². The zero-order valence-corrected chi connectivity index (χ0v) is 15.2. The SMILES string of the molecule is CCc1c(NC(=O)N[C@H](CCO)c2ccccc2)cnn1CC(C)C. The second-order valence-corrected chi connectivity index (χ2v) is 6.51. The van der Waals surface area contributed by atoms with Gasteiger partial charge in [0, 0.05) is 13.2 Å². The molecule has 0 fully saturated rings. The first kappa shape index (κ1) is 19.0. The van der Waals surface area contributed by atoms with Gasteiger partial charge in [-0.05, 0) is 24.3 Å². The van der Waals surface area contributed by atoms with E-state index in [1.807, 2.05) is 35.0 Å². The first-order chi connectivity index (χ1) is 12.0. The summed E-state index contributed by atoms with van der Waals surface area (Å²) in [5.74, 6) is 0.485. The first-order valence-corrected chi connectivity index (χ1v) is 8.83. The molecule has 0 unspecified atom stereocenters. The molecular formula is C19H28N4O2. The normalized spacial score (nSPS) is 12.2. The summed E-state index contributed by atoms with van der Waals surface area (Å²) in [6.45, 7) is 7.16. The number of hydrogen-bond acceptors (Lipinski definition) is 3. The molecule has 0 spiro atoms.